The summed E-state index contributed by atoms with van der Waals surface area (Å²) >= 11 is 0. The average Bonchev–Trinajstić information content (AvgIpc) is 2.91. The summed E-state index contributed by atoms with van der Waals surface area (Å²) in [6.45, 7) is 1.80. The third-order valence-corrected chi connectivity index (χ3v) is 4.13. The number of hydrogen-bond acceptors (Lipinski definition) is 4. The third-order valence-electron chi connectivity index (χ3n) is 4.13. The second-order valence-corrected chi connectivity index (χ2v) is 5.66. The van der Waals surface area contributed by atoms with Gasteiger partial charge in [0.2, 0.25) is 0 Å². The Balaban J connectivity index is 1.73. The standard InChI is InChI=1S/C15H16F2N4O2/c1-10-18-7-8-21(10)12-4-3-11(9-19-12)20-13(22)15(16,17)14(23)5-2-6-14/h3-4,7-9,23H,2,5-6H2,1H3,(H,20,22). The first-order valence-corrected chi connectivity index (χ1v) is 7.21. The van der Waals surface area contributed by atoms with E-state index in [-0.39, 0.29) is 18.5 Å². The van der Waals surface area contributed by atoms with Crippen LogP contribution < -0.4 is 5.32 Å². The van der Waals surface area contributed by atoms with E-state index in [4.69, 9.17) is 0 Å². The van der Waals surface area contributed by atoms with E-state index in [2.05, 4.69) is 15.3 Å². The SMILES string of the molecule is Cc1nccn1-c1ccc(NC(=O)C(F)(F)C2(O)CCC2)cn1. The Bertz CT molecular complexity index is 723. The molecular formula is C15H16F2N4O2. The van der Waals surface area contributed by atoms with Gasteiger partial charge in [0.15, 0.2) is 0 Å². The van der Waals surface area contributed by atoms with Crippen molar-refractivity contribution < 1.29 is 18.7 Å². The summed E-state index contributed by atoms with van der Waals surface area (Å²) in [5.74, 6) is -4.06. The molecule has 1 amide bonds. The minimum atomic E-state index is -3.83. The Morgan fingerprint density at radius 1 is 1.39 bits per heavy atom. The summed E-state index contributed by atoms with van der Waals surface area (Å²) < 4.78 is 29.7. The third kappa shape index (κ3) is 2.59. The van der Waals surface area contributed by atoms with Gasteiger partial charge in [0.25, 0.3) is 5.91 Å². The first kappa shape index (κ1) is 15.5. The Morgan fingerprint density at radius 2 is 2.13 bits per heavy atom. The maximum absolute atomic E-state index is 14.0. The number of aryl methyl sites for hydroxylation is 1. The molecular weight excluding hydrogens is 306 g/mol. The number of pyridine rings is 1. The van der Waals surface area contributed by atoms with Gasteiger partial charge in [-0.1, -0.05) is 0 Å². The van der Waals surface area contributed by atoms with E-state index in [1.807, 2.05) is 0 Å². The lowest BCUT2D eigenvalue weighted by molar-refractivity contribution is -0.212. The van der Waals surface area contributed by atoms with E-state index in [0.29, 0.717) is 12.2 Å². The van der Waals surface area contributed by atoms with E-state index >= 15 is 0 Å². The van der Waals surface area contributed by atoms with Crippen LogP contribution in [0.25, 0.3) is 5.82 Å². The zero-order chi connectivity index (χ0) is 16.7. The molecule has 0 spiro atoms. The Labute approximate surface area is 131 Å². The number of amides is 1. The van der Waals surface area contributed by atoms with Gasteiger partial charge in [0.1, 0.15) is 17.2 Å². The molecule has 8 heteroatoms. The van der Waals surface area contributed by atoms with Gasteiger partial charge >= 0.3 is 5.92 Å². The van der Waals surface area contributed by atoms with Crippen molar-refractivity contribution in [1.29, 1.82) is 0 Å². The van der Waals surface area contributed by atoms with Crippen molar-refractivity contribution in [3.8, 4) is 5.82 Å². The lowest BCUT2D eigenvalue weighted by Gasteiger charge is -2.41. The van der Waals surface area contributed by atoms with Gasteiger partial charge in [-0.05, 0) is 38.3 Å². The van der Waals surface area contributed by atoms with Crippen LogP contribution in [0.5, 0.6) is 0 Å². The second kappa shape index (κ2) is 5.38. The molecule has 0 aromatic carbocycles. The van der Waals surface area contributed by atoms with Crippen molar-refractivity contribution in [1.82, 2.24) is 14.5 Å². The number of nitrogens with one attached hydrogen (secondary N) is 1. The largest absolute Gasteiger partial charge is 0.383 e. The van der Waals surface area contributed by atoms with Crippen LogP contribution in [0.2, 0.25) is 0 Å². The van der Waals surface area contributed by atoms with Crippen LogP contribution in [0, 0.1) is 6.92 Å². The summed E-state index contributed by atoms with van der Waals surface area (Å²) in [6.07, 6.45) is 4.95. The molecule has 122 valence electrons. The fraction of sp³-hybridized carbons (Fsp3) is 0.400. The summed E-state index contributed by atoms with van der Waals surface area (Å²) in [5, 5.41) is 11.9. The van der Waals surface area contributed by atoms with Crippen LogP contribution in [0.15, 0.2) is 30.7 Å². The number of halogens is 2. The van der Waals surface area contributed by atoms with Crippen molar-refractivity contribution in [2.24, 2.45) is 0 Å². The van der Waals surface area contributed by atoms with Crippen molar-refractivity contribution in [3.63, 3.8) is 0 Å². The summed E-state index contributed by atoms with van der Waals surface area (Å²) in [5.41, 5.74) is -2.10. The number of hydrogen-bond donors (Lipinski definition) is 2. The van der Waals surface area contributed by atoms with Gasteiger partial charge in [0, 0.05) is 12.4 Å². The van der Waals surface area contributed by atoms with Crippen molar-refractivity contribution in [2.45, 2.75) is 37.7 Å². The summed E-state index contributed by atoms with van der Waals surface area (Å²) in [4.78, 5) is 20.0. The highest BCUT2D eigenvalue weighted by atomic mass is 19.3. The fourth-order valence-electron chi connectivity index (χ4n) is 2.47. The minimum absolute atomic E-state index is 0.0789. The fourth-order valence-corrected chi connectivity index (χ4v) is 2.47. The Hall–Kier alpha value is -2.35. The number of aromatic nitrogens is 3. The van der Waals surface area contributed by atoms with E-state index in [9.17, 15) is 18.7 Å². The Morgan fingerprint density at radius 3 is 2.61 bits per heavy atom. The van der Waals surface area contributed by atoms with Crippen LogP contribution >= 0.6 is 0 Å². The predicted octanol–water partition coefficient (Wildman–Crippen LogP) is 2.06. The van der Waals surface area contributed by atoms with E-state index in [1.165, 1.54) is 12.3 Å². The minimum Gasteiger partial charge on any atom is -0.383 e. The van der Waals surface area contributed by atoms with Crippen molar-refractivity contribution in [2.75, 3.05) is 5.32 Å². The lowest BCUT2D eigenvalue weighted by Crippen LogP contribution is -2.59. The predicted molar refractivity (Wildman–Crippen MR) is 78.5 cm³/mol. The smallest absolute Gasteiger partial charge is 0.352 e. The monoisotopic (exact) mass is 322 g/mol. The van der Waals surface area contributed by atoms with Crippen LogP contribution in [0.4, 0.5) is 14.5 Å². The number of rotatable bonds is 4. The molecule has 23 heavy (non-hydrogen) atoms. The quantitative estimate of drug-likeness (QED) is 0.903. The number of carbonyl (C=O) groups is 1. The van der Waals surface area contributed by atoms with Crippen LogP contribution in [0.1, 0.15) is 25.1 Å². The highest BCUT2D eigenvalue weighted by molar-refractivity contribution is 5.97. The maximum atomic E-state index is 14.0. The number of alkyl halides is 2. The molecule has 0 unspecified atom stereocenters. The van der Waals surface area contributed by atoms with Gasteiger partial charge in [-0.2, -0.15) is 8.78 Å². The molecule has 1 saturated carbocycles. The summed E-state index contributed by atoms with van der Waals surface area (Å²) in [7, 11) is 0. The van der Waals surface area contributed by atoms with Crippen molar-refractivity contribution in [3.05, 3.63) is 36.5 Å². The van der Waals surface area contributed by atoms with Crippen LogP contribution in [-0.2, 0) is 4.79 Å². The first-order valence-electron chi connectivity index (χ1n) is 7.21. The molecule has 3 rings (SSSR count). The number of aliphatic hydroxyl groups is 1. The van der Waals surface area contributed by atoms with E-state index in [0.717, 1.165) is 5.82 Å². The molecule has 0 aliphatic heterocycles. The number of anilines is 1. The van der Waals surface area contributed by atoms with Crippen LogP contribution in [0.3, 0.4) is 0 Å². The van der Waals surface area contributed by atoms with Gasteiger partial charge in [0.05, 0.1) is 11.9 Å². The molecule has 2 aromatic rings. The molecule has 2 N–H and O–H groups in total. The molecule has 2 aromatic heterocycles. The number of imidazole rings is 1. The second-order valence-electron chi connectivity index (χ2n) is 5.66. The van der Waals surface area contributed by atoms with Crippen molar-refractivity contribution >= 4 is 11.6 Å². The van der Waals surface area contributed by atoms with E-state index in [1.54, 1.807) is 30.0 Å². The highest BCUT2D eigenvalue weighted by Gasteiger charge is 2.61. The maximum Gasteiger partial charge on any atom is 0.352 e. The molecule has 0 saturated heterocycles. The van der Waals surface area contributed by atoms with Gasteiger partial charge in [-0.25, -0.2) is 9.97 Å². The average molecular weight is 322 g/mol. The number of nitrogens with zero attached hydrogens (tertiary/aromatic N) is 3. The normalized spacial score (nSPS) is 16.7. The van der Waals surface area contributed by atoms with Crippen LogP contribution in [-0.4, -0.2) is 37.1 Å². The van der Waals surface area contributed by atoms with E-state index < -0.39 is 17.4 Å². The Kier molecular flexibility index (Phi) is 3.63. The molecule has 0 radical (unpaired) electrons. The molecule has 1 aliphatic carbocycles. The molecule has 6 nitrogen and oxygen atoms in total. The molecule has 2 heterocycles. The highest BCUT2D eigenvalue weighted by Crippen LogP contribution is 2.44. The molecule has 0 atom stereocenters. The first-order chi connectivity index (χ1) is 10.8. The lowest BCUT2D eigenvalue weighted by atomic mass is 9.75. The van der Waals surface area contributed by atoms with Gasteiger partial charge in [-0.15, -0.1) is 0 Å². The topological polar surface area (TPSA) is 80.0 Å². The number of carbonyl (C=O) groups excluding carboxylic acids is 1. The van der Waals surface area contributed by atoms with Gasteiger partial charge in [-0.3, -0.25) is 9.36 Å². The zero-order valence-electron chi connectivity index (χ0n) is 12.5. The molecule has 0 bridgehead atoms. The molecule has 1 aliphatic rings. The summed E-state index contributed by atoms with van der Waals surface area (Å²) in [6, 6.07) is 3.06. The molecule has 1 fully saturated rings. The zero-order valence-corrected chi connectivity index (χ0v) is 12.5. The van der Waals surface area contributed by atoms with Gasteiger partial charge < -0.3 is 10.4 Å².